The Morgan fingerprint density at radius 2 is 2.04 bits per heavy atom. The number of ether oxygens (including phenoxy) is 1. The summed E-state index contributed by atoms with van der Waals surface area (Å²) in [6.45, 7) is 0. The number of nitriles is 1. The highest BCUT2D eigenvalue weighted by molar-refractivity contribution is 5.95. The third kappa shape index (κ3) is 3.16. The van der Waals surface area contributed by atoms with Gasteiger partial charge >= 0.3 is 0 Å². The van der Waals surface area contributed by atoms with Crippen LogP contribution in [0.15, 0.2) is 53.1 Å². The number of fused-ring (bicyclic) bond motifs is 1. The first-order valence-corrected chi connectivity index (χ1v) is 7.04. The summed E-state index contributed by atoms with van der Waals surface area (Å²) in [6, 6.07) is 14.3. The second-order valence-corrected chi connectivity index (χ2v) is 5.04. The third-order valence-electron chi connectivity index (χ3n) is 3.51. The Bertz CT molecular complexity index is 889. The van der Waals surface area contributed by atoms with Crippen LogP contribution < -0.4 is 10.1 Å². The maximum Gasteiger partial charge on any atom is 0.228 e. The number of hydrogen-bond donors (Lipinski definition) is 1. The standard InChI is InChI=1S/C18H14N2O3/c1-22-15-6-7-16-13(11-23-17(16)9-15)8-18(21)20-14-4-2-12(10-19)3-5-14/h2-7,9,11H,8H2,1H3,(H,20,21). The molecule has 1 heterocycles. The number of amides is 1. The SMILES string of the molecule is COc1ccc2c(CC(=O)Nc3ccc(C#N)cc3)coc2c1. The van der Waals surface area contributed by atoms with Crippen molar-refractivity contribution in [1.82, 2.24) is 0 Å². The van der Waals surface area contributed by atoms with Gasteiger partial charge in [0.15, 0.2) is 0 Å². The van der Waals surface area contributed by atoms with Gasteiger partial charge in [-0.15, -0.1) is 0 Å². The van der Waals surface area contributed by atoms with Crippen molar-refractivity contribution in [2.45, 2.75) is 6.42 Å². The molecule has 0 aliphatic carbocycles. The Morgan fingerprint density at radius 3 is 2.74 bits per heavy atom. The molecule has 2 aromatic carbocycles. The molecule has 0 aliphatic heterocycles. The quantitative estimate of drug-likeness (QED) is 0.800. The van der Waals surface area contributed by atoms with Gasteiger partial charge in [-0.05, 0) is 36.4 Å². The molecule has 5 nitrogen and oxygen atoms in total. The van der Waals surface area contributed by atoms with Crippen molar-refractivity contribution in [1.29, 1.82) is 5.26 Å². The molecule has 3 aromatic rings. The highest BCUT2D eigenvalue weighted by atomic mass is 16.5. The van der Waals surface area contributed by atoms with Crippen molar-refractivity contribution < 1.29 is 13.9 Å². The predicted molar refractivity (Wildman–Crippen MR) is 86.3 cm³/mol. The molecule has 114 valence electrons. The number of rotatable bonds is 4. The van der Waals surface area contributed by atoms with Crippen molar-refractivity contribution in [3.05, 3.63) is 59.9 Å². The van der Waals surface area contributed by atoms with Crippen LogP contribution in [0.2, 0.25) is 0 Å². The third-order valence-corrected chi connectivity index (χ3v) is 3.51. The number of anilines is 1. The Morgan fingerprint density at radius 1 is 1.26 bits per heavy atom. The summed E-state index contributed by atoms with van der Waals surface area (Å²) in [4.78, 5) is 12.2. The van der Waals surface area contributed by atoms with E-state index < -0.39 is 0 Å². The summed E-state index contributed by atoms with van der Waals surface area (Å²) >= 11 is 0. The first kappa shape index (κ1) is 14.7. The van der Waals surface area contributed by atoms with E-state index >= 15 is 0 Å². The Hall–Kier alpha value is -3.26. The highest BCUT2D eigenvalue weighted by Gasteiger charge is 2.11. The lowest BCUT2D eigenvalue weighted by Crippen LogP contribution is -2.14. The lowest BCUT2D eigenvalue weighted by atomic mass is 10.1. The number of nitrogens with zero attached hydrogens (tertiary/aromatic N) is 1. The van der Waals surface area contributed by atoms with E-state index in [9.17, 15) is 4.79 Å². The molecular weight excluding hydrogens is 292 g/mol. The number of furan rings is 1. The van der Waals surface area contributed by atoms with E-state index in [0.29, 0.717) is 22.6 Å². The molecule has 0 atom stereocenters. The fourth-order valence-corrected chi connectivity index (χ4v) is 2.33. The minimum absolute atomic E-state index is 0.145. The summed E-state index contributed by atoms with van der Waals surface area (Å²) < 4.78 is 10.6. The molecule has 0 saturated carbocycles. The second-order valence-electron chi connectivity index (χ2n) is 5.04. The molecule has 3 rings (SSSR count). The van der Waals surface area contributed by atoms with E-state index in [0.717, 1.165) is 10.9 Å². The molecule has 0 spiro atoms. The zero-order chi connectivity index (χ0) is 16.2. The maximum absolute atomic E-state index is 12.2. The van der Waals surface area contributed by atoms with E-state index in [2.05, 4.69) is 5.32 Å². The van der Waals surface area contributed by atoms with Gasteiger partial charge in [0.1, 0.15) is 11.3 Å². The molecule has 23 heavy (non-hydrogen) atoms. The average molecular weight is 306 g/mol. The van der Waals surface area contributed by atoms with Crippen molar-refractivity contribution in [3.8, 4) is 11.8 Å². The van der Waals surface area contributed by atoms with Crippen molar-refractivity contribution in [2.24, 2.45) is 0 Å². The number of carbonyl (C=O) groups excluding carboxylic acids is 1. The number of nitrogens with one attached hydrogen (secondary N) is 1. The van der Waals surface area contributed by atoms with Crippen molar-refractivity contribution >= 4 is 22.6 Å². The molecule has 0 fully saturated rings. The zero-order valence-electron chi connectivity index (χ0n) is 12.5. The molecular formula is C18H14N2O3. The van der Waals surface area contributed by atoms with Gasteiger partial charge in [-0.3, -0.25) is 4.79 Å². The van der Waals surface area contributed by atoms with E-state index in [1.165, 1.54) is 0 Å². The smallest absolute Gasteiger partial charge is 0.228 e. The molecule has 0 unspecified atom stereocenters. The zero-order valence-corrected chi connectivity index (χ0v) is 12.5. The molecule has 1 amide bonds. The summed E-state index contributed by atoms with van der Waals surface area (Å²) in [6.07, 6.45) is 1.79. The minimum Gasteiger partial charge on any atom is -0.497 e. The van der Waals surface area contributed by atoms with Gasteiger partial charge in [0.05, 0.1) is 31.4 Å². The van der Waals surface area contributed by atoms with Crippen LogP contribution in [0.4, 0.5) is 5.69 Å². The minimum atomic E-state index is -0.145. The monoisotopic (exact) mass is 306 g/mol. The van der Waals surface area contributed by atoms with Crippen molar-refractivity contribution in [3.63, 3.8) is 0 Å². The van der Waals surface area contributed by atoms with Gasteiger partial charge in [-0.1, -0.05) is 0 Å². The average Bonchev–Trinajstić information content (AvgIpc) is 2.97. The Balaban J connectivity index is 1.73. The number of benzene rings is 2. The van der Waals surface area contributed by atoms with E-state index in [-0.39, 0.29) is 12.3 Å². The van der Waals surface area contributed by atoms with Crippen LogP contribution in [0.5, 0.6) is 5.75 Å². The topological polar surface area (TPSA) is 75.3 Å². The fraction of sp³-hybridized carbons (Fsp3) is 0.111. The Kier molecular flexibility index (Phi) is 3.98. The summed E-state index contributed by atoms with van der Waals surface area (Å²) in [5.41, 5.74) is 2.71. The molecule has 5 heteroatoms. The van der Waals surface area contributed by atoms with Crippen LogP contribution in [0.3, 0.4) is 0 Å². The fourth-order valence-electron chi connectivity index (χ4n) is 2.33. The van der Waals surface area contributed by atoms with Crippen LogP contribution in [0, 0.1) is 11.3 Å². The van der Waals surface area contributed by atoms with Gasteiger partial charge in [-0.25, -0.2) is 0 Å². The summed E-state index contributed by atoms with van der Waals surface area (Å²) in [7, 11) is 1.59. The molecule has 0 radical (unpaired) electrons. The summed E-state index contributed by atoms with van der Waals surface area (Å²) in [5, 5.41) is 12.5. The van der Waals surface area contributed by atoms with E-state index in [1.807, 2.05) is 18.2 Å². The molecule has 0 bridgehead atoms. The number of methoxy groups -OCH3 is 1. The van der Waals surface area contributed by atoms with Gasteiger partial charge in [0.2, 0.25) is 5.91 Å². The normalized spacial score (nSPS) is 10.3. The lowest BCUT2D eigenvalue weighted by Gasteiger charge is -2.04. The predicted octanol–water partition coefficient (Wildman–Crippen LogP) is 3.49. The van der Waals surface area contributed by atoms with Gasteiger partial charge in [-0.2, -0.15) is 5.26 Å². The number of hydrogen-bond acceptors (Lipinski definition) is 4. The largest absolute Gasteiger partial charge is 0.497 e. The van der Waals surface area contributed by atoms with Gasteiger partial charge < -0.3 is 14.5 Å². The lowest BCUT2D eigenvalue weighted by molar-refractivity contribution is -0.115. The molecule has 1 aromatic heterocycles. The van der Waals surface area contributed by atoms with E-state index in [1.54, 1.807) is 43.7 Å². The van der Waals surface area contributed by atoms with Gasteiger partial charge in [0, 0.05) is 22.7 Å². The van der Waals surface area contributed by atoms with Crippen LogP contribution in [-0.2, 0) is 11.2 Å². The molecule has 0 aliphatic rings. The first-order valence-electron chi connectivity index (χ1n) is 7.04. The van der Waals surface area contributed by atoms with Crippen LogP contribution in [-0.4, -0.2) is 13.0 Å². The van der Waals surface area contributed by atoms with Crippen LogP contribution >= 0.6 is 0 Å². The summed E-state index contributed by atoms with van der Waals surface area (Å²) in [5.74, 6) is 0.564. The highest BCUT2D eigenvalue weighted by Crippen LogP contribution is 2.26. The maximum atomic E-state index is 12.2. The van der Waals surface area contributed by atoms with Crippen LogP contribution in [0.1, 0.15) is 11.1 Å². The van der Waals surface area contributed by atoms with Crippen molar-refractivity contribution in [2.75, 3.05) is 12.4 Å². The first-order chi connectivity index (χ1) is 11.2. The molecule has 1 N–H and O–H groups in total. The number of carbonyl (C=O) groups is 1. The van der Waals surface area contributed by atoms with E-state index in [4.69, 9.17) is 14.4 Å². The van der Waals surface area contributed by atoms with Gasteiger partial charge in [0.25, 0.3) is 0 Å². The molecule has 0 saturated heterocycles. The second kappa shape index (κ2) is 6.24. The van der Waals surface area contributed by atoms with Crippen LogP contribution in [0.25, 0.3) is 11.0 Å². The Labute approximate surface area is 133 Å².